The highest BCUT2D eigenvalue weighted by Crippen LogP contribution is 2.18. The normalized spacial score (nSPS) is 10.2. The predicted molar refractivity (Wildman–Crippen MR) is 53.4 cm³/mol. The highest BCUT2D eigenvalue weighted by Gasteiger charge is 2.13. The van der Waals surface area contributed by atoms with Crippen molar-refractivity contribution in [1.82, 2.24) is 14.8 Å². The Hall–Kier alpha value is -2.17. The van der Waals surface area contributed by atoms with Gasteiger partial charge in [-0.15, -0.1) is 0 Å². The molecule has 2 rings (SSSR count). The second-order valence-corrected chi connectivity index (χ2v) is 3.08. The Kier molecular flexibility index (Phi) is 2.21. The summed E-state index contributed by atoms with van der Waals surface area (Å²) in [6, 6.07) is 4.84. The number of hydrogen-bond acceptors (Lipinski definition) is 3. The van der Waals surface area contributed by atoms with Gasteiger partial charge in [0, 0.05) is 19.4 Å². The van der Waals surface area contributed by atoms with Gasteiger partial charge in [-0.25, -0.2) is 4.79 Å². The molecule has 1 N–H and O–H groups in total. The van der Waals surface area contributed by atoms with Crippen LogP contribution in [-0.2, 0) is 7.05 Å². The first kappa shape index (κ1) is 9.39. The van der Waals surface area contributed by atoms with Gasteiger partial charge >= 0.3 is 5.97 Å². The molecule has 2 aromatic rings. The minimum Gasteiger partial charge on any atom is -0.478 e. The van der Waals surface area contributed by atoms with Gasteiger partial charge in [-0.2, -0.15) is 5.10 Å². The van der Waals surface area contributed by atoms with Crippen LogP contribution >= 0.6 is 0 Å². The molecule has 0 bridgehead atoms. The number of rotatable bonds is 2. The van der Waals surface area contributed by atoms with E-state index >= 15 is 0 Å². The highest BCUT2D eigenvalue weighted by atomic mass is 16.4. The Morgan fingerprint density at radius 3 is 2.87 bits per heavy atom. The SMILES string of the molecule is Cn1ccc(-c2ncccc2C(=O)O)n1. The summed E-state index contributed by atoms with van der Waals surface area (Å²) in [5.74, 6) is -0.997. The average molecular weight is 203 g/mol. The first-order valence-corrected chi connectivity index (χ1v) is 4.37. The number of aryl methyl sites for hydroxylation is 1. The molecule has 0 spiro atoms. The Morgan fingerprint density at radius 2 is 2.27 bits per heavy atom. The smallest absolute Gasteiger partial charge is 0.337 e. The van der Waals surface area contributed by atoms with Crippen molar-refractivity contribution in [2.24, 2.45) is 7.05 Å². The molecule has 15 heavy (non-hydrogen) atoms. The minimum absolute atomic E-state index is 0.163. The molecule has 0 amide bonds. The second-order valence-electron chi connectivity index (χ2n) is 3.08. The van der Waals surface area contributed by atoms with Crippen molar-refractivity contribution in [3.8, 4) is 11.4 Å². The van der Waals surface area contributed by atoms with E-state index in [1.54, 1.807) is 36.3 Å². The van der Waals surface area contributed by atoms with Crippen molar-refractivity contribution in [1.29, 1.82) is 0 Å². The lowest BCUT2D eigenvalue weighted by Crippen LogP contribution is -2.01. The van der Waals surface area contributed by atoms with Crippen molar-refractivity contribution in [2.45, 2.75) is 0 Å². The molecule has 0 fully saturated rings. The van der Waals surface area contributed by atoms with E-state index in [1.807, 2.05) is 0 Å². The van der Waals surface area contributed by atoms with E-state index in [4.69, 9.17) is 5.11 Å². The van der Waals surface area contributed by atoms with Gasteiger partial charge in [0.1, 0.15) is 11.4 Å². The quantitative estimate of drug-likeness (QED) is 0.795. The van der Waals surface area contributed by atoms with Crippen molar-refractivity contribution in [3.05, 3.63) is 36.2 Å². The fourth-order valence-electron chi connectivity index (χ4n) is 1.32. The number of hydrogen-bond donors (Lipinski definition) is 1. The third-order valence-corrected chi connectivity index (χ3v) is 1.99. The van der Waals surface area contributed by atoms with Gasteiger partial charge in [0.25, 0.3) is 0 Å². The fraction of sp³-hybridized carbons (Fsp3) is 0.100. The number of carboxylic acids is 1. The molecule has 5 heteroatoms. The third-order valence-electron chi connectivity index (χ3n) is 1.99. The summed E-state index contributed by atoms with van der Waals surface area (Å²) in [6.45, 7) is 0. The molecule has 2 aromatic heterocycles. The molecule has 0 unspecified atom stereocenters. The van der Waals surface area contributed by atoms with E-state index in [0.717, 1.165) is 0 Å². The van der Waals surface area contributed by atoms with Gasteiger partial charge in [0.05, 0.1) is 5.56 Å². The number of carbonyl (C=O) groups is 1. The van der Waals surface area contributed by atoms with Gasteiger partial charge in [0.2, 0.25) is 0 Å². The zero-order valence-electron chi connectivity index (χ0n) is 8.08. The monoisotopic (exact) mass is 203 g/mol. The Morgan fingerprint density at radius 1 is 1.47 bits per heavy atom. The van der Waals surface area contributed by atoms with Crippen LogP contribution in [0, 0.1) is 0 Å². The molecule has 0 saturated heterocycles. The summed E-state index contributed by atoms with van der Waals surface area (Å²) >= 11 is 0. The fourth-order valence-corrected chi connectivity index (χ4v) is 1.32. The molecule has 0 aliphatic rings. The summed E-state index contributed by atoms with van der Waals surface area (Å²) in [7, 11) is 1.77. The first-order chi connectivity index (χ1) is 7.18. The zero-order valence-corrected chi connectivity index (χ0v) is 8.08. The number of aromatic nitrogens is 3. The van der Waals surface area contributed by atoms with Crippen LogP contribution in [0.15, 0.2) is 30.6 Å². The van der Waals surface area contributed by atoms with Crippen molar-refractivity contribution in [3.63, 3.8) is 0 Å². The molecule has 0 atom stereocenters. The van der Waals surface area contributed by atoms with Crippen molar-refractivity contribution in [2.75, 3.05) is 0 Å². The Labute approximate surface area is 86.0 Å². The summed E-state index contributed by atoms with van der Waals surface area (Å²) in [5.41, 5.74) is 1.12. The van der Waals surface area contributed by atoms with Crippen LogP contribution in [0.4, 0.5) is 0 Å². The van der Waals surface area contributed by atoms with Gasteiger partial charge in [-0.3, -0.25) is 9.67 Å². The van der Waals surface area contributed by atoms with Crippen LogP contribution in [-0.4, -0.2) is 25.8 Å². The number of pyridine rings is 1. The first-order valence-electron chi connectivity index (χ1n) is 4.37. The third kappa shape index (κ3) is 1.71. The summed E-state index contributed by atoms with van der Waals surface area (Å²) < 4.78 is 1.61. The van der Waals surface area contributed by atoms with Crippen LogP contribution in [0.1, 0.15) is 10.4 Å². The molecule has 2 heterocycles. The molecular weight excluding hydrogens is 194 g/mol. The minimum atomic E-state index is -0.997. The summed E-state index contributed by atoms with van der Waals surface area (Å²) in [4.78, 5) is 15.0. The van der Waals surface area contributed by atoms with E-state index < -0.39 is 5.97 Å². The lowest BCUT2D eigenvalue weighted by molar-refractivity contribution is 0.0697. The van der Waals surface area contributed by atoms with E-state index in [0.29, 0.717) is 11.4 Å². The zero-order chi connectivity index (χ0) is 10.8. The largest absolute Gasteiger partial charge is 0.478 e. The van der Waals surface area contributed by atoms with Crippen LogP contribution in [0.5, 0.6) is 0 Å². The Balaban J connectivity index is 2.57. The van der Waals surface area contributed by atoms with E-state index in [2.05, 4.69) is 10.1 Å². The second kappa shape index (κ2) is 3.53. The van der Waals surface area contributed by atoms with Gasteiger partial charge < -0.3 is 5.11 Å². The standard InChI is InChI=1S/C10H9N3O2/c1-13-6-4-8(12-13)9-7(10(14)15)3-2-5-11-9/h2-6H,1H3,(H,14,15). The molecule has 0 radical (unpaired) electrons. The number of carboxylic acid groups (broad SMARTS) is 1. The van der Waals surface area contributed by atoms with Crippen LogP contribution < -0.4 is 0 Å². The van der Waals surface area contributed by atoms with Gasteiger partial charge in [-0.05, 0) is 18.2 Å². The molecule has 0 aromatic carbocycles. The van der Waals surface area contributed by atoms with Crippen molar-refractivity contribution < 1.29 is 9.90 Å². The molecular formula is C10H9N3O2. The number of nitrogens with zero attached hydrogens (tertiary/aromatic N) is 3. The summed E-state index contributed by atoms with van der Waals surface area (Å²) in [6.07, 6.45) is 3.30. The maximum atomic E-state index is 10.9. The van der Waals surface area contributed by atoms with Crippen LogP contribution in [0.2, 0.25) is 0 Å². The maximum Gasteiger partial charge on any atom is 0.337 e. The van der Waals surface area contributed by atoms with E-state index in [9.17, 15) is 4.79 Å². The average Bonchev–Trinajstić information content (AvgIpc) is 2.65. The lowest BCUT2D eigenvalue weighted by Gasteiger charge is -2.00. The molecule has 0 saturated carbocycles. The van der Waals surface area contributed by atoms with Crippen LogP contribution in [0.25, 0.3) is 11.4 Å². The molecule has 76 valence electrons. The molecule has 0 aliphatic heterocycles. The highest BCUT2D eigenvalue weighted by molar-refractivity contribution is 5.94. The molecule has 5 nitrogen and oxygen atoms in total. The van der Waals surface area contributed by atoms with E-state index in [1.165, 1.54) is 6.07 Å². The number of aromatic carboxylic acids is 1. The molecule has 0 aliphatic carbocycles. The van der Waals surface area contributed by atoms with Crippen molar-refractivity contribution >= 4 is 5.97 Å². The van der Waals surface area contributed by atoms with Gasteiger partial charge in [-0.1, -0.05) is 0 Å². The summed E-state index contributed by atoms with van der Waals surface area (Å²) in [5, 5.41) is 13.1. The van der Waals surface area contributed by atoms with E-state index in [-0.39, 0.29) is 5.56 Å². The van der Waals surface area contributed by atoms with Gasteiger partial charge in [0.15, 0.2) is 0 Å². The topological polar surface area (TPSA) is 68.0 Å². The maximum absolute atomic E-state index is 10.9. The Bertz CT molecular complexity index is 505. The predicted octanol–water partition coefficient (Wildman–Crippen LogP) is 1.18. The lowest BCUT2D eigenvalue weighted by atomic mass is 10.1. The van der Waals surface area contributed by atoms with Crippen LogP contribution in [0.3, 0.4) is 0 Å².